The van der Waals surface area contributed by atoms with Crippen molar-refractivity contribution in [3.05, 3.63) is 52.1 Å². The zero-order valence-corrected chi connectivity index (χ0v) is 13.3. The summed E-state index contributed by atoms with van der Waals surface area (Å²) in [4.78, 5) is 22.8. The molecule has 8 nitrogen and oxygen atoms in total. The topological polar surface area (TPSA) is 122 Å². The molecule has 0 radical (unpaired) electrons. The fraction of sp³-hybridized carbons (Fsp3) is 0.176. The van der Waals surface area contributed by atoms with Crippen LogP contribution in [-0.4, -0.2) is 33.8 Å². The molecule has 8 heteroatoms. The van der Waals surface area contributed by atoms with Gasteiger partial charge in [0.25, 0.3) is 5.69 Å². The van der Waals surface area contributed by atoms with E-state index in [1.54, 1.807) is 6.07 Å². The zero-order chi connectivity index (χ0) is 17.4. The number of nitrogens with two attached hydrogens (primary N) is 1. The van der Waals surface area contributed by atoms with Crippen molar-refractivity contribution in [1.29, 1.82) is 0 Å². The Morgan fingerprint density at radius 3 is 2.76 bits per heavy atom. The van der Waals surface area contributed by atoms with Crippen molar-refractivity contribution in [2.75, 3.05) is 18.8 Å². The molecule has 0 unspecified atom stereocenters. The Balaban J connectivity index is 1.75. The van der Waals surface area contributed by atoms with Crippen molar-refractivity contribution in [3.63, 3.8) is 0 Å². The fourth-order valence-corrected chi connectivity index (χ4v) is 2.87. The summed E-state index contributed by atoms with van der Waals surface area (Å²) >= 11 is 0. The number of rotatable bonds is 3. The molecule has 0 fully saturated rings. The second-order valence-corrected chi connectivity index (χ2v) is 5.86. The number of H-pyrrole nitrogens is 1. The number of fused-ring (bicyclic) bond motifs is 1. The number of imidazole rings is 1. The number of aliphatic imine (C=N–C) groups is 1. The number of hydrogen-bond acceptors (Lipinski definition) is 6. The maximum atomic E-state index is 11.1. The Morgan fingerprint density at radius 2 is 2.00 bits per heavy atom. The summed E-state index contributed by atoms with van der Waals surface area (Å²) in [5, 5.41) is 14.4. The van der Waals surface area contributed by atoms with Crippen LogP contribution >= 0.6 is 0 Å². The summed E-state index contributed by atoms with van der Waals surface area (Å²) in [5.41, 5.74) is 8.91. The molecular weight excluding hydrogens is 320 g/mol. The Bertz CT molecular complexity index is 1010. The van der Waals surface area contributed by atoms with Gasteiger partial charge in [0.1, 0.15) is 17.3 Å². The molecule has 0 bridgehead atoms. The number of amidine groups is 1. The molecule has 1 aliphatic rings. The van der Waals surface area contributed by atoms with Crippen LogP contribution in [0.15, 0.2) is 41.4 Å². The van der Waals surface area contributed by atoms with Gasteiger partial charge >= 0.3 is 0 Å². The second kappa shape index (κ2) is 5.90. The monoisotopic (exact) mass is 336 g/mol. The molecule has 0 aliphatic carbocycles. The molecule has 25 heavy (non-hydrogen) atoms. The number of aromatic amines is 1. The first-order chi connectivity index (χ1) is 12.1. The molecule has 2 aromatic carbocycles. The highest BCUT2D eigenvalue weighted by atomic mass is 16.6. The lowest BCUT2D eigenvalue weighted by atomic mass is 10.1. The molecule has 3 aromatic rings. The molecule has 4 N–H and O–H groups in total. The third-order valence-corrected chi connectivity index (χ3v) is 4.15. The maximum Gasteiger partial charge on any atom is 0.292 e. The lowest BCUT2D eigenvalue weighted by Gasteiger charge is -2.14. The first-order valence-electron chi connectivity index (χ1n) is 7.94. The van der Waals surface area contributed by atoms with E-state index < -0.39 is 4.92 Å². The summed E-state index contributed by atoms with van der Waals surface area (Å²) in [6, 6.07) is 10.5. The number of hydrogen-bond donors (Lipinski definition) is 3. The molecule has 0 atom stereocenters. The summed E-state index contributed by atoms with van der Waals surface area (Å²) in [6.07, 6.45) is 1.04. The van der Waals surface area contributed by atoms with Crippen molar-refractivity contribution in [1.82, 2.24) is 15.3 Å². The van der Waals surface area contributed by atoms with Gasteiger partial charge in [-0.15, -0.1) is 0 Å². The quantitative estimate of drug-likeness (QED) is 0.385. The van der Waals surface area contributed by atoms with Gasteiger partial charge in [-0.3, -0.25) is 15.1 Å². The highest BCUT2D eigenvalue weighted by Gasteiger charge is 2.15. The smallest absolute Gasteiger partial charge is 0.292 e. The number of nitrogens with zero attached hydrogens (tertiary/aromatic N) is 3. The molecule has 0 amide bonds. The van der Waals surface area contributed by atoms with E-state index in [1.165, 1.54) is 12.1 Å². The molecule has 2 heterocycles. The molecule has 1 aromatic heterocycles. The molecular formula is C17H16N6O2. The van der Waals surface area contributed by atoms with Gasteiger partial charge in [-0.25, -0.2) is 4.98 Å². The van der Waals surface area contributed by atoms with Crippen LogP contribution in [0.3, 0.4) is 0 Å². The lowest BCUT2D eigenvalue weighted by Crippen LogP contribution is -2.30. The van der Waals surface area contributed by atoms with Gasteiger partial charge < -0.3 is 16.0 Å². The Morgan fingerprint density at radius 1 is 1.16 bits per heavy atom. The highest BCUT2D eigenvalue weighted by Crippen LogP contribution is 2.28. The zero-order valence-electron chi connectivity index (χ0n) is 13.3. The van der Waals surface area contributed by atoms with E-state index in [-0.39, 0.29) is 11.4 Å². The van der Waals surface area contributed by atoms with E-state index >= 15 is 0 Å². The number of nitro benzene ring substituents is 1. The van der Waals surface area contributed by atoms with Crippen molar-refractivity contribution in [2.24, 2.45) is 4.99 Å². The minimum atomic E-state index is -0.494. The third kappa shape index (κ3) is 2.78. The lowest BCUT2D eigenvalue weighted by molar-refractivity contribution is -0.383. The predicted octanol–water partition coefficient (Wildman–Crippen LogP) is 2.46. The van der Waals surface area contributed by atoms with Crippen LogP contribution < -0.4 is 11.1 Å². The summed E-state index contributed by atoms with van der Waals surface area (Å²) in [6.45, 7) is 1.74. The van der Waals surface area contributed by atoms with Crippen molar-refractivity contribution in [2.45, 2.75) is 6.42 Å². The van der Waals surface area contributed by atoms with Gasteiger partial charge in [0.05, 0.1) is 16.0 Å². The van der Waals surface area contributed by atoms with Gasteiger partial charge in [0.15, 0.2) is 0 Å². The number of nitrogens with one attached hydrogen (secondary N) is 2. The third-order valence-electron chi connectivity index (χ3n) is 4.15. The van der Waals surface area contributed by atoms with Crippen LogP contribution in [0.2, 0.25) is 0 Å². The van der Waals surface area contributed by atoms with Gasteiger partial charge in [-0.1, -0.05) is 0 Å². The van der Waals surface area contributed by atoms with Crippen molar-refractivity contribution < 1.29 is 4.92 Å². The van der Waals surface area contributed by atoms with Gasteiger partial charge in [0, 0.05) is 30.3 Å². The number of benzene rings is 2. The summed E-state index contributed by atoms with van der Waals surface area (Å²) < 4.78 is 0. The van der Waals surface area contributed by atoms with Gasteiger partial charge in [-0.05, 0) is 36.8 Å². The Kier molecular flexibility index (Phi) is 3.57. The average molecular weight is 336 g/mol. The average Bonchev–Trinajstić information content (AvgIpc) is 3.05. The molecule has 0 spiro atoms. The molecule has 1 aliphatic heterocycles. The van der Waals surface area contributed by atoms with E-state index in [0.29, 0.717) is 11.4 Å². The van der Waals surface area contributed by atoms with Crippen LogP contribution in [-0.2, 0) is 0 Å². The summed E-state index contributed by atoms with van der Waals surface area (Å²) in [5.74, 6) is 1.45. The predicted molar refractivity (Wildman–Crippen MR) is 96.6 cm³/mol. The number of nitrogen functional groups attached to an aromatic ring is 1. The normalized spacial score (nSPS) is 14.2. The van der Waals surface area contributed by atoms with Crippen molar-refractivity contribution in [3.8, 4) is 11.4 Å². The Labute approximate surface area is 142 Å². The SMILES string of the molecule is Nc1ccc(-c2nc3ccc(C4=NCCCN4)cc3[nH]2)cc1[N+](=O)[O-]. The minimum absolute atomic E-state index is 0.126. The molecule has 0 saturated heterocycles. The largest absolute Gasteiger partial charge is 0.393 e. The number of nitro groups is 1. The van der Waals surface area contributed by atoms with Crippen LogP contribution in [0.4, 0.5) is 11.4 Å². The van der Waals surface area contributed by atoms with Crippen LogP contribution in [0.25, 0.3) is 22.4 Å². The minimum Gasteiger partial charge on any atom is -0.393 e. The van der Waals surface area contributed by atoms with Crippen molar-refractivity contribution >= 4 is 28.2 Å². The van der Waals surface area contributed by atoms with E-state index in [0.717, 1.165) is 41.9 Å². The number of aromatic nitrogens is 2. The van der Waals surface area contributed by atoms with Gasteiger partial charge in [0.2, 0.25) is 0 Å². The molecule has 4 rings (SSSR count). The van der Waals surface area contributed by atoms with Gasteiger partial charge in [-0.2, -0.15) is 0 Å². The molecule has 126 valence electrons. The Hall–Kier alpha value is -3.42. The van der Waals surface area contributed by atoms with E-state index in [9.17, 15) is 10.1 Å². The van der Waals surface area contributed by atoms with E-state index in [2.05, 4.69) is 20.3 Å². The maximum absolute atomic E-state index is 11.1. The highest BCUT2D eigenvalue weighted by molar-refractivity contribution is 6.01. The fourth-order valence-electron chi connectivity index (χ4n) is 2.87. The van der Waals surface area contributed by atoms with Crippen LogP contribution in [0.1, 0.15) is 12.0 Å². The first kappa shape index (κ1) is 15.1. The van der Waals surface area contributed by atoms with E-state index in [4.69, 9.17) is 5.73 Å². The molecule has 0 saturated carbocycles. The number of anilines is 1. The van der Waals surface area contributed by atoms with E-state index in [1.807, 2.05) is 18.2 Å². The first-order valence-corrected chi connectivity index (χ1v) is 7.94. The second-order valence-electron chi connectivity index (χ2n) is 5.86. The van der Waals surface area contributed by atoms with Crippen LogP contribution in [0.5, 0.6) is 0 Å². The summed E-state index contributed by atoms with van der Waals surface area (Å²) in [7, 11) is 0. The standard InChI is InChI=1S/C17H16N6O2/c18-12-4-2-11(9-15(12)23(24)25)17-21-13-5-3-10(8-14(13)22-17)16-19-6-1-7-20-16/h2-5,8-9H,1,6-7,18H2,(H,19,20)(H,21,22). The van der Waals surface area contributed by atoms with Crippen LogP contribution in [0, 0.1) is 10.1 Å².